The molecule has 0 radical (unpaired) electrons. The van der Waals surface area contributed by atoms with Crippen LogP contribution >= 0.6 is 0 Å². The van der Waals surface area contributed by atoms with Crippen LogP contribution in [0.5, 0.6) is 5.75 Å². The maximum Gasteiger partial charge on any atom is 0.343 e. The second-order valence-corrected chi connectivity index (χ2v) is 8.28. The van der Waals surface area contributed by atoms with Crippen LogP contribution in [0.4, 0.5) is 5.69 Å². The van der Waals surface area contributed by atoms with Crippen LogP contribution in [-0.2, 0) is 9.59 Å². The van der Waals surface area contributed by atoms with Crippen molar-refractivity contribution in [1.82, 2.24) is 0 Å². The summed E-state index contributed by atoms with van der Waals surface area (Å²) < 4.78 is 5.56. The van der Waals surface area contributed by atoms with Gasteiger partial charge in [-0.1, -0.05) is 25.1 Å². The van der Waals surface area contributed by atoms with E-state index in [-0.39, 0.29) is 23.7 Å². The first-order chi connectivity index (χ1) is 13.9. The zero-order chi connectivity index (χ0) is 20.7. The van der Waals surface area contributed by atoms with Gasteiger partial charge in [0.2, 0.25) is 11.8 Å². The largest absolute Gasteiger partial charge is 0.423 e. The number of ether oxygens (including phenoxy) is 1. The van der Waals surface area contributed by atoms with E-state index in [0.29, 0.717) is 22.9 Å². The molecule has 2 aromatic carbocycles. The third-order valence-electron chi connectivity index (χ3n) is 6.29. The molecule has 1 aliphatic carbocycles. The van der Waals surface area contributed by atoms with Gasteiger partial charge in [-0.15, -0.1) is 0 Å². The first-order valence-electron chi connectivity index (χ1n) is 10.1. The minimum Gasteiger partial charge on any atom is -0.423 e. The van der Waals surface area contributed by atoms with Crippen molar-refractivity contribution >= 4 is 23.5 Å². The number of nitrogens with zero attached hydrogens (tertiary/aromatic N) is 1. The van der Waals surface area contributed by atoms with Crippen LogP contribution in [0.2, 0.25) is 0 Å². The summed E-state index contributed by atoms with van der Waals surface area (Å²) in [6.07, 6.45) is 2.47. The Labute approximate surface area is 170 Å². The average molecular weight is 391 g/mol. The molecule has 4 rings (SSSR count). The van der Waals surface area contributed by atoms with Gasteiger partial charge in [0.05, 0.1) is 23.1 Å². The molecule has 5 nitrogen and oxygen atoms in total. The standard InChI is InChI=1S/C24H25NO4/c1-14-10-11-19-20(12-14)23(27)25(22(19)26)18-8-5-7-17(13-18)24(28)29-21-9-4-6-15(2)16(21)3/h4-9,13-14,19-20H,10-12H2,1-3H3/t14-,19+,20+/m0/s1. The van der Waals surface area contributed by atoms with Crippen LogP contribution in [0.25, 0.3) is 0 Å². The number of imide groups is 1. The zero-order valence-electron chi connectivity index (χ0n) is 17.0. The molecule has 5 heteroatoms. The topological polar surface area (TPSA) is 63.7 Å². The minimum atomic E-state index is -0.509. The molecular weight excluding hydrogens is 366 g/mol. The van der Waals surface area contributed by atoms with Crippen LogP contribution < -0.4 is 9.64 Å². The lowest BCUT2D eigenvalue weighted by molar-refractivity contribution is -0.122. The Morgan fingerprint density at radius 2 is 1.72 bits per heavy atom. The van der Waals surface area contributed by atoms with Gasteiger partial charge in [-0.3, -0.25) is 14.5 Å². The van der Waals surface area contributed by atoms with E-state index < -0.39 is 5.97 Å². The van der Waals surface area contributed by atoms with Gasteiger partial charge in [-0.25, -0.2) is 4.79 Å². The van der Waals surface area contributed by atoms with Crippen LogP contribution in [0.3, 0.4) is 0 Å². The molecule has 3 atom stereocenters. The average Bonchev–Trinajstić information content (AvgIpc) is 2.95. The Balaban J connectivity index is 1.59. The van der Waals surface area contributed by atoms with E-state index in [1.54, 1.807) is 30.3 Å². The van der Waals surface area contributed by atoms with Gasteiger partial charge in [0.25, 0.3) is 0 Å². The number of hydrogen-bond donors (Lipinski definition) is 0. The highest BCUT2D eigenvalue weighted by Gasteiger charge is 2.50. The number of esters is 1. The molecule has 150 valence electrons. The van der Waals surface area contributed by atoms with E-state index >= 15 is 0 Å². The number of amides is 2. The van der Waals surface area contributed by atoms with Crippen molar-refractivity contribution in [3.63, 3.8) is 0 Å². The maximum atomic E-state index is 12.9. The van der Waals surface area contributed by atoms with Crippen LogP contribution in [0, 0.1) is 31.6 Å². The van der Waals surface area contributed by atoms with Crippen molar-refractivity contribution in [1.29, 1.82) is 0 Å². The number of fused-ring (bicyclic) bond motifs is 1. The first kappa shape index (κ1) is 19.4. The molecule has 2 aromatic rings. The van der Waals surface area contributed by atoms with Gasteiger partial charge in [-0.2, -0.15) is 0 Å². The molecule has 1 saturated heterocycles. The molecule has 29 heavy (non-hydrogen) atoms. The molecular formula is C24H25NO4. The third-order valence-corrected chi connectivity index (χ3v) is 6.29. The van der Waals surface area contributed by atoms with Crippen molar-refractivity contribution < 1.29 is 19.1 Å². The molecule has 0 N–H and O–H groups in total. The van der Waals surface area contributed by atoms with E-state index in [2.05, 4.69) is 6.92 Å². The first-order valence-corrected chi connectivity index (χ1v) is 10.1. The van der Waals surface area contributed by atoms with E-state index in [1.165, 1.54) is 4.90 Å². The zero-order valence-corrected chi connectivity index (χ0v) is 17.0. The smallest absolute Gasteiger partial charge is 0.343 e. The summed E-state index contributed by atoms with van der Waals surface area (Å²) in [4.78, 5) is 39.8. The number of benzene rings is 2. The number of carbonyl (C=O) groups excluding carboxylic acids is 3. The van der Waals surface area contributed by atoms with Crippen LogP contribution in [0.15, 0.2) is 42.5 Å². The number of rotatable bonds is 3. The molecule has 0 unspecified atom stereocenters. The summed E-state index contributed by atoms with van der Waals surface area (Å²) in [5.41, 5.74) is 2.69. The summed E-state index contributed by atoms with van der Waals surface area (Å²) in [5, 5.41) is 0. The van der Waals surface area contributed by atoms with Crippen molar-refractivity contribution in [3.8, 4) is 5.75 Å². The predicted octanol–water partition coefficient (Wildman–Crippen LogP) is 4.45. The lowest BCUT2D eigenvalue weighted by Gasteiger charge is -2.25. The highest BCUT2D eigenvalue weighted by Crippen LogP contribution is 2.42. The van der Waals surface area contributed by atoms with E-state index in [0.717, 1.165) is 30.4 Å². The quantitative estimate of drug-likeness (QED) is 0.441. The van der Waals surface area contributed by atoms with E-state index in [4.69, 9.17) is 4.74 Å². The fraction of sp³-hybridized carbons (Fsp3) is 0.375. The fourth-order valence-electron chi connectivity index (χ4n) is 4.41. The molecule has 0 bridgehead atoms. The van der Waals surface area contributed by atoms with Gasteiger partial charge >= 0.3 is 5.97 Å². The number of hydrogen-bond acceptors (Lipinski definition) is 4. The summed E-state index contributed by atoms with van der Waals surface area (Å²) in [7, 11) is 0. The molecule has 0 aromatic heterocycles. The molecule has 2 aliphatic rings. The molecule has 2 amide bonds. The second-order valence-electron chi connectivity index (χ2n) is 8.28. The summed E-state index contributed by atoms with van der Waals surface area (Å²) in [6, 6.07) is 12.1. The molecule has 1 heterocycles. The van der Waals surface area contributed by atoms with Crippen molar-refractivity contribution in [2.75, 3.05) is 4.90 Å². The summed E-state index contributed by atoms with van der Waals surface area (Å²) in [5.74, 6) is -0.314. The Hall–Kier alpha value is -2.95. The van der Waals surface area contributed by atoms with Gasteiger partial charge < -0.3 is 4.74 Å². The summed E-state index contributed by atoms with van der Waals surface area (Å²) >= 11 is 0. The Morgan fingerprint density at radius 1 is 1.00 bits per heavy atom. The monoisotopic (exact) mass is 391 g/mol. The lowest BCUT2D eigenvalue weighted by atomic mass is 9.76. The molecule has 1 aliphatic heterocycles. The maximum absolute atomic E-state index is 12.9. The van der Waals surface area contributed by atoms with E-state index in [9.17, 15) is 14.4 Å². The summed E-state index contributed by atoms with van der Waals surface area (Å²) in [6.45, 7) is 5.98. The Kier molecular flexibility index (Phi) is 4.99. The molecule has 2 fully saturated rings. The number of anilines is 1. The van der Waals surface area contributed by atoms with Gasteiger partial charge in [0, 0.05) is 0 Å². The lowest BCUT2D eigenvalue weighted by Crippen LogP contribution is -2.31. The van der Waals surface area contributed by atoms with Crippen LogP contribution in [-0.4, -0.2) is 17.8 Å². The minimum absolute atomic E-state index is 0.146. The highest BCUT2D eigenvalue weighted by atomic mass is 16.5. The van der Waals surface area contributed by atoms with Crippen molar-refractivity contribution in [3.05, 3.63) is 59.2 Å². The Bertz CT molecular complexity index is 996. The van der Waals surface area contributed by atoms with E-state index in [1.807, 2.05) is 26.0 Å². The van der Waals surface area contributed by atoms with Gasteiger partial charge in [-0.05, 0) is 74.4 Å². The van der Waals surface area contributed by atoms with Crippen LogP contribution in [0.1, 0.15) is 47.7 Å². The van der Waals surface area contributed by atoms with Gasteiger partial charge in [0.15, 0.2) is 0 Å². The predicted molar refractivity (Wildman–Crippen MR) is 110 cm³/mol. The fourth-order valence-corrected chi connectivity index (χ4v) is 4.41. The third kappa shape index (κ3) is 3.46. The van der Waals surface area contributed by atoms with Crippen molar-refractivity contribution in [2.24, 2.45) is 17.8 Å². The Morgan fingerprint density at radius 3 is 2.52 bits per heavy atom. The second kappa shape index (κ2) is 7.47. The normalized spacial score (nSPS) is 23.8. The number of aryl methyl sites for hydroxylation is 1. The number of carbonyl (C=O) groups is 3. The molecule has 1 saturated carbocycles. The SMILES string of the molecule is Cc1cccc(OC(=O)c2cccc(N3C(=O)[C@@H]4CC[C@H](C)C[C@H]4C3=O)c2)c1C. The van der Waals surface area contributed by atoms with Gasteiger partial charge in [0.1, 0.15) is 5.75 Å². The highest BCUT2D eigenvalue weighted by molar-refractivity contribution is 6.22. The molecule has 0 spiro atoms. The van der Waals surface area contributed by atoms with Crippen molar-refractivity contribution in [2.45, 2.75) is 40.0 Å².